The summed E-state index contributed by atoms with van der Waals surface area (Å²) in [5.74, 6) is 0. The predicted molar refractivity (Wildman–Crippen MR) is 40.6 cm³/mol. The van der Waals surface area contributed by atoms with Crippen LogP contribution in [0.25, 0.3) is 0 Å². The van der Waals surface area contributed by atoms with E-state index in [1.807, 2.05) is 21.0 Å². The van der Waals surface area contributed by atoms with Crippen LogP contribution in [0.2, 0.25) is 0 Å². The summed E-state index contributed by atoms with van der Waals surface area (Å²) in [6.07, 6.45) is 0. The first-order valence-corrected chi connectivity index (χ1v) is 2.86. The number of aliphatic imine (C=N–C) groups is 1. The zero-order valence-corrected chi connectivity index (χ0v) is 6.38. The second-order valence-corrected chi connectivity index (χ2v) is 1.25. The van der Waals surface area contributed by atoms with Gasteiger partial charge in [-0.2, -0.15) is 0 Å². The highest BCUT2D eigenvalue weighted by Gasteiger charge is 1.49. The highest BCUT2D eigenvalue weighted by molar-refractivity contribution is 7.78. The van der Waals surface area contributed by atoms with E-state index in [2.05, 4.69) is 27.7 Å². The summed E-state index contributed by atoms with van der Waals surface area (Å²) in [6, 6.07) is 0. The van der Waals surface area contributed by atoms with Crippen LogP contribution in [0.5, 0.6) is 0 Å². The molecule has 0 spiro atoms. The molecule has 1 N–H and O–H groups in total. The van der Waals surface area contributed by atoms with E-state index in [9.17, 15) is 0 Å². The van der Waals surface area contributed by atoms with Crippen molar-refractivity contribution in [2.24, 2.45) is 4.99 Å². The Hall–Kier alpha value is -0.240. The molecule has 0 rings (SSSR count). The lowest BCUT2D eigenvalue weighted by Crippen LogP contribution is -1.89. The Kier molecular flexibility index (Phi) is 21.2. The molecule has 0 aromatic heterocycles. The van der Waals surface area contributed by atoms with E-state index in [1.54, 1.807) is 0 Å². The lowest BCUT2D eigenvalue weighted by Gasteiger charge is -1.60. The van der Waals surface area contributed by atoms with E-state index >= 15 is 0 Å². The van der Waals surface area contributed by atoms with Crippen molar-refractivity contribution in [2.45, 2.75) is 6.92 Å². The largest absolute Gasteiger partial charge is 0.323 e. The Bertz CT molecular complexity index is 66.8. The third-order valence-corrected chi connectivity index (χ3v) is 0.352. The van der Waals surface area contributed by atoms with Gasteiger partial charge < -0.3 is 5.32 Å². The van der Waals surface area contributed by atoms with Crippen molar-refractivity contribution in [1.29, 1.82) is 0 Å². The van der Waals surface area contributed by atoms with Gasteiger partial charge in [0.25, 0.3) is 0 Å². The van der Waals surface area contributed by atoms with Gasteiger partial charge in [0.2, 0.25) is 0 Å². The molecule has 0 aliphatic carbocycles. The fourth-order valence-electron chi connectivity index (χ4n) is 0.0645. The van der Waals surface area contributed by atoms with Crippen LogP contribution < -0.4 is 5.32 Å². The average molecular weight is 132 g/mol. The van der Waals surface area contributed by atoms with Gasteiger partial charge in [0, 0.05) is 6.54 Å². The third kappa shape index (κ3) is 42.1. The molecule has 0 radical (unpaired) electrons. The molecule has 0 amide bonds. The second kappa shape index (κ2) is 15.9. The molecule has 8 heavy (non-hydrogen) atoms. The molecule has 0 aromatic carbocycles. The summed E-state index contributed by atoms with van der Waals surface area (Å²) in [4.78, 5) is 3.54. The van der Waals surface area contributed by atoms with E-state index in [0.717, 1.165) is 6.54 Å². The number of rotatable bonds is 1. The number of thiocarbonyl (C=S) groups is 1. The standard InChI is InChI=1S/C3H5NS.C2H7N/c1-2-4-3-5;1-3-2/h2H2,1H3;3H,1-2H3. The van der Waals surface area contributed by atoms with E-state index in [1.165, 1.54) is 0 Å². The molecule has 0 aliphatic rings. The average Bonchev–Trinajstić information content (AvgIpc) is 1.71. The fourth-order valence-corrected chi connectivity index (χ4v) is 0.194. The lowest BCUT2D eigenvalue weighted by molar-refractivity contribution is 1.02. The predicted octanol–water partition coefficient (Wildman–Crippen LogP) is 0.945. The van der Waals surface area contributed by atoms with Crippen molar-refractivity contribution in [3.05, 3.63) is 0 Å². The fraction of sp³-hybridized carbons (Fsp3) is 0.800. The highest BCUT2D eigenvalue weighted by Crippen LogP contribution is 1.55. The van der Waals surface area contributed by atoms with Gasteiger partial charge in [0.15, 0.2) is 0 Å². The minimum Gasteiger partial charge on any atom is -0.323 e. The Morgan fingerprint density at radius 1 is 1.62 bits per heavy atom. The second-order valence-electron chi connectivity index (χ2n) is 1.07. The first kappa shape index (κ1) is 10.7. The molecular formula is C5H12N2S. The van der Waals surface area contributed by atoms with Crippen molar-refractivity contribution in [3.8, 4) is 0 Å². The van der Waals surface area contributed by atoms with Gasteiger partial charge in [0.05, 0.1) is 5.16 Å². The summed E-state index contributed by atoms with van der Waals surface area (Å²) in [5.41, 5.74) is 0. The molecule has 3 heteroatoms. The maximum Gasteiger partial charge on any atom is 0.0584 e. The molecule has 0 aliphatic heterocycles. The molecule has 48 valence electrons. The van der Waals surface area contributed by atoms with Gasteiger partial charge in [0.1, 0.15) is 0 Å². The third-order valence-electron chi connectivity index (χ3n) is 0.223. The van der Waals surface area contributed by atoms with Crippen molar-refractivity contribution >= 4 is 17.4 Å². The van der Waals surface area contributed by atoms with Crippen LogP contribution in [0.15, 0.2) is 4.99 Å². The maximum atomic E-state index is 4.23. The molecule has 0 atom stereocenters. The van der Waals surface area contributed by atoms with Crippen LogP contribution in [0.1, 0.15) is 6.92 Å². The zero-order valence-electron chi connectivity index (χ0n) is 5.56. The smallest absolute Gasteiger partial charge is 0.0584 e. The van der Waals surface area contributed by atoms with E-state index in [0.29, 0.717) is 0 Å². The maximum absolute atomic E-state index is 4.23. The SMILES string of the molecule is CCN=C=S.CNC. The lowest BCUT2D eigenvalue weighted by atomic mass is 10.8. The van der Waals surface area contributed by atoms with Gasteiger partial charge in [-0.1, -0.05) is 0 Å². The Labute approximate surface area is 56.0 Å². The molecular weight excluding hydrogens is 120 g/mol. The molecule has 0 saturated carbocycles. The normalized spacial score (nSPS) is 5.88. The number of hydrogen-bond acceptors (Lipinski definition) is 3. The minimum absolute atomic E-state index is 0.753. The topological polar surface area (TPSA) is 24.4 Å². The van der Waals surface area contributed by atoms with E-state index in [-0.39, 0.29) is 0 Å². The monoisotopic (exact) mass is 132 g/mol. The number of isothiocyanates is 1. The molecule has 2 nitrogen and oxygen atoms in total. The van der Waals surface area contributed by atoms with Gasteiger partial charge in [-0.25, -0.2) is 4.99 Å². The van der Waals surface area contributed by atoms with Crippen LogP contribution in [0, 0.1) is 0 Å². The van der Waals surface area contributed by atoms with Crippen LogP contribution in [0.4, 0.5) is 0 Å². The van der Waals surface area contributed by atoms with Crippen LogP contribution in [-0.4, -0.2) is 25.8 Å². The molecule has 0 bridgehead atoms. The molecule has 0 heterocycles. The highest BCUT2D eigenvalue weighted by atomic mass is 32.1. The number of hydrogen-bond donors (Lipinski definition) is 1. The summed E-state index contributed by atoms with van der Waals surface area (Å²) in [5, 5.41) is 4.98. The van der Waals surface area contributed by atoms with Crippen molar-refractivity contribution in [1.82, 2.24) is 5.32 Å². The van der Waals surface area contributed by atoms with Gasteiger partial charge in [-0.05, 0) is 33.2 Å². The zero-order chi connectivity index (χ0) is 6.83. The van der Waals surface area contributed by atoms with Crippen LogP contribution in [0.3, 0.4) is 0 Å². The first-order valence-electron chi connectivity index (χ1n) is 2.45. The molecule has 0 unspecified atom stereocenters. The summed E-state index contributed by atoms with van der Waals surface area (Å²) >= 11 is 4.23. The Balaban J connectivity index is 0. The van der Waals surface area contributed by atoms with Crippen molar-refractivity contribution in [2.75, 3.05) is 20.6 Å². The number of nitrogens with one attached hydrogen (secondary N) is 1. The first-order chi connectivity index (χ1) is 3.83. The summed E-state index contributed by atoms with van der Waals surface area (Å²) < 4.78 is 0. The van der Waals surface area contributed by atoms with E-state index in [4.69, 9.17) is 0 Å². The molecule has 0 fully saturated rings. The van der Waals surface area contributed by atoms with E-state index < -0.39 is 0 Å². The number of nitrogens with zero attached hydrogens (tertiary/aromatic N) is 1. The molecule has 0 aromatic rings. The van der Waals surface area contributed by atoms with Gasteiger partial charge in [-0.3, -0.25) is 0 Å². The Morgan fingerprint density at radius 3 is 2.00 bits per heavy atom. The quantitative estimate of drug-likeness (QED) is 0.424. The van der Waals surface area contributed by atoms with Crippen LogP contribution in [-0.2, 0) is 0 Å². The van der Waals surface area contributed by atoms with Crippen molar-refractivity contribution in [3.63, 3.8) is 0 Å². The minimum atomic E-state index is 0.753. The van der Waals surface area contributed by atoms with Crippen molar-refractivity contribution < 1.29 is 0 Å². The summed E-state index contributed by atoms with van der Waals surface area (Å²) in [6.45, 7) is 2.67. The summed E-state index contributed by atoms with van der Waals surface area (Å²) in [7, 11) is 3.75. The molecule has 0 saturated heterocycles. The Morgan fingerprint density at radius 2 is 2.00 bits per heavy atom. The van der Waals surface area contributed by atoms with Gasteiger partial charge >= 0.3 is 0 Å². The van der Waals surface area contributed by atoms with Crippen LogP contribution >= 0.6 is 12.2 Å². The van der Waals surface area contributed by atoms with Gasteiger partial charge in [-0.15, -0.1) is 0 Å².